The molecule has 0 aromatic rings. The van der Waals surface area contributed by atoms with Gasteiger partial charge in [0.25, 0.3) is 0 Å². The first kappa shape index (κ1) is 56.9. The fourth-order valence-electron chi connectivity index (χ4n) is 7.53. The molecule has 0 spiro atoms. The maximum absolute atomic E-state index is 12.8. The van der Waals surface area contributed by atoms with Gasteiger partial charge in [-0.1, -0.05) is 231 Å². The number of allylic oxidation sites excluding steroid dienone is 4. The van der Waals surface area contributed by atoms with E-state index in [1.807, 2.05) is 0 Å². The van der Waals surface area contributed by atoms with Crippen LogP contribution in [0.2, 0.25) is 0 Å². The molecule has 6 heteroatoms. The van der Waals surface area contributed by atoms with Crippen LogP contribution in [0.15, 0.2) is 24.3 Å². The van der Waals surface area contributed by atoms with Crippen molar-refractivity contribution in [3.05, 3.63) is 24.3 Å². The van der Waals surface area contributed by atoms with E-state index >= 15 is 0 Å². The minimum atomic E-state index is -0.771. The molecule has 59 heavy (non-hydrogen) atoms. The Morgan fingerprint density at radius 2 is 0.610 bits per heavy atom. The highest BCUT2D eigenvalue weighted by molar-refractivity contribution is 5.71. The van der Waals surface area contributed by atoms with Crippen molar-refractivity contribution < 1.29 is 28.6 Å². The molecule has 0 saturated carbocycles. The Morgan fingerprint density at radius 1 is 0.339 bits per heavy atom. The van der Waals surface area contributed by atoms with E-state index in [1.165, 1.54) is 161 Å². The van der Waals surface area contributed by atoms with Gasteiger partial charge in [-0.05, 0) is 51.4 Å². The van der Waals surface area contributed by atoms with Crippen molar-refractivity contribution in [2.24, 2.45) is 0 Å². The summed E-state index contributed by atoms with van der Waals surface area (Å²) in [5, 5.41) is 0. The Morgan fingerprint density at radius 3 is 0.966 bits per heavy atom. The molecule has 0 aromatic heterocycles. The summed E-state index contributed by atoms with van der Waals surface area (Å²) in [6.45, 7) is 6.60. The number of ether oxygens (including phenoxy) is 3. The van der Waals surface area contributed by atoms with Gasteiger partial charge < -0.3 is 14.2 Å². The molecule has 6 nitrogen and oxygen atoms in total. The third-order valence-electron chi connectivity index (χ3n) is 11.5. The van der Waals surface area contributed by atoms with Crippen molar-refractivity contribution in [2.45, 2.75) is 284 Å². The number of hydrogen-bond donors (Lipinski definition) is 0. The van der Waals surface area contributed by atoms with Gasteiger partial charge in [-0.3, -0.25) is 14.4 Å². The molecule has 346 valence electrons. The second-order valence-corrected chi connectivity index (χ2v) is 17.4. The van der Waals surface area contributed by atoms with Crippen LogP contribution in [0.1, 0.15) is 278 Å². The van der Waals surface area contributed by atoms with Gasteiger partial charge in [0, 0.05) is 19.3 Å². The maximum Gasteiger partial charge on any atom is 0.306 e. The third kappa shape index (κ3) is 46.8. The van der Waals surface area contributed by atoms with Crippen molar-refractivity contribution in [1.29, 1.82) is 0 Å². The summed E-state index contributed by atoms with van der Waals surface area (Å²) in [5.74, 6) is -0.878. The van der Waals surface area contributed by atoms with E-state index in [0.29, 0.717) is 19.3 Å². The summed E-state index contributed by atoms with van der Waals surface area (Å²) in [4.78, 5) is 37.8. The minimum absolute atomic E-state index is 0.0726. The van der Waals surface area contributed by atoms with Gasteiger partial charge in [-0.25, -0.2) is 0 Å². The minimum Gasteiger partial charge on any atom is -0.462 e. The van der Waals surface area contributed by atoms with Gasteiger partial charge in [0.1, 0.15) is 13.2 Å². The van der Waals surface area contributed by atoms with E-state index in [2.05, 4.69) is 45.1 Å². The number of carbonyl (C=O) groups excluding carboxylic acids is 3. The van der Waals surface area contributed by atoms with Gasteiger partial charge in [0.05, 0.1) is 0 Å². The first-order chi connectivity index (χ1) is 29.0. The fraction of sp³-hybridized carbons (Fsp3) is 0.868. The average molecular weight is 831 g/mol. The topological polar surface area (TPSA) is 78.9 Å². The number of rotatable bonds is 47. The summed E-state index contributed by atoms with van der Waals surface area (Å²) < 4.78 is 16.7. The summed E-state index contributed by atoms with van der Waals surface area (Å²) in [7, 11) is 0. The Balaban J connectivity index is 4.26. The summed E-state index contributed by atoms with van der Waals surface area (Å²) >= 11 is 0. The fourth-order valence-corrected chi connectivity index (χ4v) is 7.53. The van der Waals surface area contributed by atoms with Crippen LogP contribution < -0.4 is 0 Å². The van der Waals surface area contributed by atoms with E-state index in [9.17, 15) is 14.4 Å². The Hall–Kier alpha value is -2.11. The monoisotopic (exact) mass is 831 g/mol. The van der Waals surface area contributed by atoms with Crippen LogP contribution in [0.25, 0.3) is 0 Å². The molecule has 0 bridgehead atoms. The first-order valence-electron chi connectivity index (χ1n) is 25.8. The van der Waals surface area contributed by atoms with Crippen LogP contribution in [0.3, 0.4) is 0 Å². The van der Waals surface area contributed by atoms with Crippen LogP contribution in [0, 0.1) is 0 Å². The Bertz CT molecular complexity index is 958. The second kappa shape index (κ2) is 48.6. The van der Waals surface area contributed by atoms with Crippen LogP contribution in [-0.2, 0) is 28.6 Å². The lowest BCUT2D eigenvalue weighted by molar-refractivity contribution is -0.167. The first-order valence-corrected chi connectivity index (χ1v) is 25.8. The predicted molar refractivity (Wildman–Crippen MR) is 252 cm³/mol. The zero-order chi connectivity index (χ0) is 43.0. The van der Waals surface area contributed by atoms with Crippen LogP contribution in [0.4, 0.5) is 0 Å². The maximum atomic E-state index is 12.8. The molecular weight excluding hydrogens is 733 g/mol. The summed E-state index contributed by atoms with van der Waals surface area (Å²) in [5.41, 5.74) is 0. The number of esters is 3. The third-order valence-corrected chi connectivity index (χ3v) is 11.5. The van der Waals surface area contributed by atoms with Crippen LogP contribution in [-0.4, -0.2) is 37.2 Å². The lowest BCUT2D eigenvalue weighted by Crippen LogP contribution is -2.30. The second-order valence-electron chi connectivity index (χ2n) is 17.4. The molecule has 0 aliphatic heterocycles. The summed E-state index contributed by atoms with van der Waals surface area (Å²) in [6.07, 6.45) is 54.5. The molecule has 0 rings (SSSR count). The van der Waals surface area contributed by atoms with Crippen molar-refractivity contribution in [2.75, 3.05) is 13.2 Å². The largest absolute Gasteiger partial charge is 0.462 e. The quantitative estimate of drug-likeness (QED) is 0.0263. The molecule has 1 atom stereocenters. The van der Waals surface area contributed by atoms with Crippen LogP contribution >= 0.6 is 0 Å². The molecule has 0 amide bonds. The van der Waals surface area contributed by atoms with Crippen LogP contribution in [0.5, 0.6) is 0 Å². The molecule has 0 fully saturated rings. The number of hydrogen-bond acceptors (Lipinski definition) is 6. The van der Waals surface area contributed by atoms with Crippen molar-refractivity contribution in [3.63, 3.8) is 0 Å². The van der Waals surface area contributed by atoms with E-state index in [1.54, 1.807) is 0 Å². The molecular formula is C53H98O6. The molecule has 0 N–H and O–H groups in total. The van der Waals surface area contributed by atoms with Gasteiger partial charge in [0.15, 0.2) is 6.10 Å². The average Bonchev–Trinajstić information content (AvgIpc) is 3.23. The predicted octanol–water partition coefficient (Wildman–Crippen LogP) is 16.8. The van der Waals surface area contributed by atoms with Crippen molar-refractivity contribution >= 4 is 17.9 Å². The SMILES string of the molecule is CCCCC/C=C\C/C=C\CCCCCCCC(=O)OC(COC(=O)CCCCCCCCCC)COC(=O)CCCCCCCCCCCCCCCCCCCC. The lowest BCUT2D eigenvalue weighted by atomic mass is 10.0. The Kier molecular flexibility index (Phi) is 46.8. The van der Waals surface area contributed by atoms with E-state index in [0.717, 1.165) is 77.0 Å². The molecule has 0 aromatic carbocycles. The van der Waals surface area contributed by atoms with Gasteiger partial charge in [-0.15, -0.1) is 0 Å². The molecule has 0 heterocycles. The van der Waals surface area contributed by atoms with E-state index < -0.39 is 6.10 Å². The smallest absolute Gasteiger partial charge is 0.306 e. The van der Waals surface area contributed by atoms with Crippen molar-refractivity contribution in [3.8, 4) is 0 Å². The van der Waals surface area contributed by atoms with Gasteiger partial charge >= 0.3 is 17.9 Å². The highest BCUT2D eigenvalue weighted by Crippen LogP contribution is 2.16. The summed E-state index contributed by atoms with van der Waals surface area (Å²) in [6, 6.07) is 0. The zero-order valence-electron chi connectivity index (χ0n) is 39.5. The normalized spacial score (nSPS) is 12.1. The van der Waals surface area contributed by atoms with E-state index in [-0.39, 0.29) is 31.1 Å². The lowest BCUT2D eigenvalue weighted by Gasteiger charge is -2.18. The highest BCUT2D eigenvalue weighted by atomic mass is 16.6. The molecule has 0 aliphatic rings. The Labute approximate surface area is 366 Å². The zero-order valence-corrected chi connectivity index (χ0v) is 39.5. The molecule has 0 aliphatic carbocycles. The molecule has 1 unspecified atom stereocenters. The van der Waals surface area contributed by atoms with Gasteiger partial charge in [0.2, 0.25) is 0 Å². The van der Waals surface area contributed by atoms with E-state index in [4.69, 9.17) is 14.2 Å². The molecule has 0 saturated heterocycles. The molecule has 0 radical (unpaired) electrons. The van der Waals surface area contributed by atoms with Gasteiger partial charge in [-0.2, -0.15) is 0 Å². The standard InChI is InChI=1S/C53H98O6/c1-4-7-10-13-16-19-21-23-25-26-27-29-30-32-34-37-40-43-46-52(55)58-49-50(48-57-51(54)45-42-39-36-18-15-12-9-6-3)59-53(56)47-44-41-38-35-33-31-28-24-22-20-17-14-11-8-5-2/h17,20,24,28,50H,4-16,18-19,21-23,25-27,29-49H2,1-3H3/b20-17-,28-24-. The van der Waals surface area contributed by atoms with Crippen molar-refractivity contribution in [1.82, 2.24) is 0 Å². The number of carbonyl (C=O) groups is 3. The number of unbranched alkanes of at least 4 members (excludes halogenated alkanes) is 32. The highest BCUT2D eigenvalue weighted by Gasteiger charge is 2.19.